The Morgan fingerprint density at radius 3 is 2.12 bits per heavy atom. The van der Waals surface area contributed by atoms with Crippen molar-refractivity contribution in [2.75, 3.05) is 0 Å². The van der Waals surface area contributed by atoms with E-state index in [1.54, 1.807) is 0 Å². The van der Waals surface area contributed by atoms with Gasteiger partial charge in [0.1, 0.15) is 17.3 Å². The van der Waals surface area contributed by atoms with Crippen LogP contribution in [0.1, 0.15) is 40.4 Å². The van der Waals surface area contributed by atoms with Gasteiger partial charge in [-0.25, -0.2) is 9.98 Å². The fraction of sp³-hybridized carbons (Fsp3) is 0.0638. The highest BCUT2D eigenvalue weighted by molar-refractivity contribution is 6.21. The third-order valence-electron chi connectivity index (χ3n) is 10.6. The van der Waals surface area contributed by atoms with E-state index in [1.165, 1.54) is 27.3 Å². The van der Waals surface area contributed by atoms with Crippen molar-refractivity contribution in [3.8, 4) is 5.69 Å². The summed E-state index contributed by atoms with van der Waals surface area (Å²) in [6, 6.07) is 51.4. The highest BCUT2D eigenvalue weighted by Crippen LogP contribution is 2.43. The van der Waals surface area contributed by atoms with Gasteiger partial charge >= 0.3 is 0 Å². The maximum absolute atomic E-state index is 6.93. The van der Waals surface area contributed by atoms with Crippen molar-refractivity contribution in [3.63, 3.8) is 0 Å². The van der Waals surface area contributed by atoms with Crippen LogP contribution in [0.2, 0.25) is 0 Å². The first-order valence-electron chi connectivity index (χ1n) is 17.9. The second-order valence-corrected chi connectivity index (χ2v) is 13.7. The van der Waals surface area contributed by atoms with Crippen molar-refractivity contribution in [2.45, 2.75) is 19.0 Å². The molecule has 0 spiro atoms. The van der Waals surface area contributed by atoms with Crippen molar-refractivity contribution in [1.82, 2.24) is 9.88 Å². The smallest absolute Gasteiger partial charge is 0.169 e. The Labute approximate surface area is 299 Å². The summed E-state index contributed by atoms with van der Waals surface area (Å²) in [5.74, 6) is 1.58. The molecule has 52 heavy (non-hydrogen) atoms. The van der Waals surface area contributed by atoms with E-state index in [4.69, 9.17) is 14.4 Å². The van der Waals surface area contributed by atoms with Crippen molar-refractivity contribution in [3.05, 3.63) is 179 Å². The minimum atomic E-state index is -0.501. The van der Waals surface area contributed by atoms with Crippen LogP contribution in [0.3, 0.4) is 0 Å². The van der Waals surface area contributed by atoms with Crippen LogP contribution in [0.15, 0.2) is 166 Å². The first-order chi connectivity index (χ1) is 25.8. The molecule has 0 bridgehead atoms. The average molecular weight is 669 g/mol. The minimum Gasteiger partial charge on any atom is -0.454 e. The number of hydrogen-bond acceptors (Lipinski definition) is 4. The van der Waals surface area contributed by atoms with Gasteiger partial charge in [0, 0.05) is 38.2 Å². The molecule has 2 aliphatic rings. The molecule has 1 aliphatic carbocycles. The van der Waals surface area contributed by atoms with Gasteiger partial charge in [-0.2, -0.15) is 0 Å². The molecule has 2 aromatic heterocycles. The van der Waals surface area contributed by atoms with Gasteiger partial charge in [-0.15, -0.1) is 0 Å². The zero-order chi connectivity index (χ0) is 34.2. The summed E-state index contributed by atoms with van der Waals surface area (Å²) in [7, 11) is 0. The van der Waals surface area contributed by atoms with Gasteiger partial charge in [0.25, 0.3) is 0 Å². The average Bonchev–Trinajstić information content (AvgIpc) is 3.76. The Bertz CT molecular complexity index is 2930. The molecule has 0 saturated carbocycles. The number of rotatable bonds is 4. The van der Waals surface area contributed by atoms with E-state index >= 15 is 0 Å². The van der Waals surface area contributed by atoms with Crippen LogP contribution in [0.5, 0.6) is 0 Å². The van der Waals surface area contributed by atoms with E-state index in [0.717, 1.165) is 85.2 Å². The van der Waals surface area contributed by atoms with E-state index in [9.17, 15) is 0 Å². The first-order valence-corrected chi connectivity index (χ1v) is 17.9. The molecule has 0 atom stereocenters. The molecule has 1 aliphatic heterocycles. The van der Waals surface area contributed by atoms with Gasteiger partial charge in [-0.1, -0.05) is 121 Å². The summed E-state index contributed by atoms with van der Waals surface area (Å²) in [6.45, 7) is 0. The molecular formula is C47H32N4O. The lowest BCUT2D eigenvalue weighted by atomic mass is 9.95. The maximum Gasteiger partial charge on any atom is 0.169 e. The van der Waals surface area contributed by atoms with Gasteiger partial charge in [-0.3, -0.25) is 0 Å². The SMILES string of the molecule is C1=Cc2cc3c(cc2CC1)c1ccccc1n3-c1cc(C2N=C(c3ccccc3)NC(c3ccccc3)=N2)cc2c1oc1ccc3ccccc3c12. The van der Waals surface area contributed by atoms with Crippen LogP contribution in [-0.2, 0) is 6.42 Å². The van der Waals surface area contributed by atoms with Gasteiger partial charge < -0.3 is 14.3 Å². The maximum atomic E-state index is 6.93. The monoisotopic (exact) mass is 668 g/mol. The summed E-state index contributed by atoms with van der Waals surface area (Å²) in [5.41, 5.74) is 10.7. The number of nitrogens with zero attached hydrogens (tertiary/aromatic N) is 3. The molecule has 3 heterocycles. The van der Waals surface area contributed by atoms with Gasteiger partial charge in [0.05, 0.1) is 16.7 Å². The lowest BCUT2D eigenvalue weighted by Crippen LogP contribution is -2.36. The number of allylic oxidation sites excluding steroid dienone is 1. The van der Waals surface area contributed by atoms with Gasteiger partial charge in [-0.05, 0) is 71.1 Å². The van der Waals surface area contributed by atoms with Crippen molar-refractivity contribution >= 4 is 72.3 Å². The Kier molecular flexibility index (Phi) is 6.37. The van der Waals surface area contributed by atoms with Crippen LogP contribution >= 0.6 is 0 Å². The second kappa shape index (κ2) is 11.4. The molecule has 11 rings (SSSR count). The highest BCUT2D eigenvalue weighted by Gasteiger charge is 2.26. The van der Waals surface area contributed by atoms with Crippen LogP contribution in [0, 0.1) is 0 Å². The van der Waals surface area contributed by atoms with E-state index in [-0.39, 0.29) is 0 Å². The number of aromatic nitrogens is 1. The summed E-state index contributed by atoms with van der Waals surface area (Å²) in [6.07, 6.45) is 6.18. The largest absolute Gasteiger partial charge is 0.454 e. The highest BCUT2D eigenvalue weighted by atomic mass is 16.3. The number of amidine groups is 2. The summed E-state index contributed by atoms with van der Waals surface area (Å²) < 4.78 is 9.33. The molecule has 0 fully saturated rings. The number of hydrogen-bond donors (Lipinski definition) is 1. The first kappa shape index (κ1) is 29.1. The lowest BCUT2D eigenvalue weighted by molar-refractivity contribution is 0.665. The Morgan fingerprint density at radius 1 is 0.615 bits per heavy atom. The quantitative estimate of drug-likeness (QED) is 0.203. The molecule has 0 unspecified atom stereocenters. The Balaban J connectivity index is 1.25. The van der Waals surface area contributed by atoms with Crippen LogP contribution < -0.4 is 5.32 Å². The molecular weight excluding hydrogens is 637 g/mol. The number of para-hydroxylation sites is 1. The molecule has 0 radical (unpaired) electrons. The number of nitrogens with one attached hydrogen (secondary N) is 1. The molecule has 7 aromatic carbocycles. The summed E-state index contributed by atoms with van der Waals surface area (Å²) in [5, 5.41) is 10.5. The zero-order valence-corrected chi connectivity index (χ0v) is 28.3. The minimum absolute atomic E-state index is 0.501. The number of benzene rings is 7. The third kappa shape index (κ3) is 4.49. The van der Waals surface area contributed by atoms with E-state index in [2.05, 4.69) is 131 Å². The Hall–Kier alpha value is -6.72. The Morgan fingerprint density at radius 2 is 1.33 bits per heavy atom. The number of furan rings is 1. The number of aryl methyl sites for hydroxylation is 1. The number of aliphatic imine (C=N–C) groups is 2. The second-order valence-electron chi connectivity index (χ2n) is 13.7. The zero-order valence-electron chi connectivity index (χ0n) is 28.3. The van der Waals surface area contributed by atoms with Crippen molar-refractivity contribution in [2.24, 2.45) is 9.98 Å². The predicted octanol–water partition coefficient (Wildman–Crippen LogP) is 11.3. The summed E-state index contributed by atoms with van der Waals surface area (Å²) >= 11 is 0. The van der Waals surface area contributed by atoms with E-state index in [1.807, 2.05) is 36.4 Å². The molecule has 5 heteroatoms. The lowest BCUT2D eigenvalue weighted by Gasteiger charge is -2.23. The fourth-order valence-corrected chi connectivity index (χ4v) is 8.21. The van der Waals surface area contributed by atoms with E-state index < -0.39 is 6.17 Å². The van der Waals surface area contributed by atoms with Crippen LogP contribution in [-0.4, -0.2) is 16.2 Å². The van der Waals surface area contributed by atoms with Gasteiger partial charge in [0.15, 0.2) is 11.7 Å². The fourth-order valence-electron chi connectivity index (χ4n) is 8.21. The molecule has 1 N–H and O–H groups in total. The van der Waals surface area contributed by atoms with Crippen molar-refractivity contribution < 1.29 is 4.42 Å². The molecule has 5 nitrogen and oxygen atoms in total. The van der Waals surface area contributed by atoms with Gasteiger partial charge in [0.2, 0.25) is 0 Å². The standard InChI is InChI=1S/C47H32N4O/c1-3-14-30(15-4-1)45-48-46(31-16-5-2-6-17-31)50-47(49-45)34-26-38-43-35-20-10-9-13-29(35)23-24-42(43)52-44(38)41(28-34)51-39-22-12-11-21-36(39)37-25-32-18-7-8-19-33(32)27-40(37)51/h1-6,8-17,19-28,47H,7,18H2,(H,48,49,50). The van der Waals surface area contributed by atoms with Crippen LogP contribution in [0.25, 0.3) is 66.3 Å². The number of fused-ring (bicyclic) bond motifs is 9. The molecule has 246 valence electrons. The van der Waals surface area contributed by atoms with Crippen molar-refractivity contribution in [1.29, 1.82) is 0 Å². The van der Waals surface area contributed by atoms with E-state index in [0.29, 0.717) is 0 Å². The molecule has 9 aromatic rings. The van der Waals surface area contributed by atoms with Crippen LogP contribution in [0.4, 0.5) is 0 Å². The predicted molar refractivity (Wildman–Crippen MR) is 215 cm³/mol. The topological polar surface area (TPSA) is 54.8 Å². The third-order valence-corrected chi connectivity index (χ3v) is 10.6. The molecule has 0 amide bonds. The molecule has 0 saturated heterocycles. The summed E-state index contributed by atoms with van der Waals surface area (Å²) in [4.78, 5) is 10.6. The normalized spacial score (nSPS) is 14.6.